The predicted octanol–water partition coefficient (Wildman–Crippen LogP) is 2.33. The molecule has 0 unspecified atom stereocenters. The molecular formula is C16H15N5. The number of nitrogens with zero attached hydrogens (tertiary/aromatic N) is 3. The van der Waals surface area contributed by atoms with E-state index in [1.54, 1.807) is 0 Å². The second kappa shape index (κ2) is 4.34. The molecule has 0 spiro atoms. The lowest BCUT2D eigenvalue weighted by Gasteiger charge is -2.19. The van der Waals surface area contributed by atoms with Crippen LogP contribution in [0.5, 0.6) is 0 Å². The zero-order chi connectivity index (χ0) is 14.4. The first-order chi connectivity index (χ1) is 10.2. The number of aryl methyl sites for hydroxylation is 1. The maximum Gasteiger partial charge on any atom is 0.164 e. The highest BCUT2D eigenvalue weighted by molar-refractivity contribution is 5.70. The summed E-state index contributed by atoms with van der Waals surface area (Å²) in [7, 11) is 0. The minimum atomic E-state index is 0.746. The monoisotopic (exact) mass is 277 g/mol. The van der Waals surface area contributed by atoms with E-state index in [9.17, 15) is 0 Å². The van der Waals surface area contributed by atoms with Crippen LogP contribution in [0.4, 0.5) is 11.4 Å². The van der Waals surface area contributed by atoms with E-state index in [-0.39, 0.29) is 0 Å². The van der Waals surface area contributed by atoms with Crippen LogP contribution in [0.2, 0.25) is 0 Å². The van der Waals surface area contributed by atoms with E-state index in [1.165, 1.54) is 5.56 Å². The fourth-order valence-electron chi connectivity index (χ4n) is 2.81. The number of hydrogen-bond donors (Lipinski definition) is 2. The van der Waals surface area contributed by atoms with Crippen LogP contribution in [-0.2, 0) is 13.0 Å². The van der Waals surface area contributed by atoms with E-state index >= 15 is 0 Å². The van der Waals surface area contributed by atoms with Gasteiger partial charge < -0.3 is 16.0 Å². The van der Waals surface area contributed by atoms with Gasteiger partial charge in [-0.2, -0.15) is 0 Å². The summed E-state index contributed by atoms with van der Waals surface area (Å²) in [5.74, 6) is 1.76. The second-order valence-corrected chi connectivity index (χ2v) is 5.29. The van der Waals surface area contributed by atoms with Crippen molar-refractivity contribution in [1.82, 2.24) is 14.8 Å². The first-order valence-electron chi connectivity index (χ1n) is 6.90. The molecule has 0 fully saturated rings. The molecule has 0 saturated carbocycles. The van der Waals surface area contributed by atoms with Crippen LogP contribution in [0, 0.1) is 0 Å². The molecule has 21 heavy (non-hydrogen) atoms. The Morgan fingerprint density at radius 3 is 2.38 bits per heavy atom. The van der Waals surface area contributed by atoms with Gasteiger partial charge in [-0.05, 0) is 48.4 Å². The van der Waals surface area contributed by atoms with Crippen LogP contribution < -0.4 is 11.5 Å². The Balaban J connectivity index is 1.87. The SMILES string of the molecule is Nc1ccc(-c2nnc3n2CCc2ccc(N)cc2-3)cc1. The van der Waals surface area contributed by atoms with Crippen molar-refractivity contribution in [2.24, 2.45) is 0 Å². The van der Waals surface area contributed by atoms with Gasteiger partial charge in [0.15, 0.2) is 11.6 Å². The van der Waals surface area contributed by atoms with E-state index in [0.717, 1.165) is 47.1 Å². The third-order valence-corrected chi connectivity index (χ3v) is 3.90. The van der Waals surface area contributed by atoms with Crippen LogP contribution in [-0.4, -0.2) is 14.8 Å². The Morgan fingerprint density at radius 1 is 0.857 bits per heavy atom. The van der Waals surface area contributed by atoms with Gasteiger partial charge in [0, 0.05) is 29.0 Å². The average molecular weight is 277 g/mol. The molecule has 0 radical (unpaired) electrons. The van der Waals surface area contributed by atoms with Crippen molar-refractivity contribution in [3.05, 3.63) is 48.0 Å². The fourth-order valence-corrected chi connectivity index (χ4v) is 2.81. The standard InChI is InChI=1S/C16H15N5/c17-12-4-2-11(3-5-12)15-19-20-16-14-9-13(18)6-1-10(14)7-8-21(15)16/h1-6,9H,7-8,17-18H2. The van der Waals surface area contributed by atoms with E-state index in [1.807, 2.05) is 36.4 Å². The topological polar surface area (TPSA) is 82.8 Å². The van der Waals surface area contributed by atoms with Gasteiger partial charge in [-0.15, -0.1) is 10.2 Å². The minimum absolute atomic E-state index is 0.746. The van der Waals surface area contributed by atoms with Crippen molar-refractivity contribution in [3.8, 4) is 22.8 Å². The smallest absolute Gasteiger partial charge is 0.164 e. The first-order valence-corrected chi connectivity index (χ1v) is 6.90. The summed E-state index contributed by atoms with van der Waals surface area (Å²) in [4.78, 5) is 0. The second-order valence-electron chi connectivity index (χ2n) is 5.29. The van der Waals surface area contributed by atoms with E-state index in [4.69, 9.17) is 11.5 Å². The van der Waals surface area contributed by atoms with Gasteiger partial charge >= 0.3 is 0 Å². The van der Waals surface area contributed by atoms with Crippen molar-refractivity contribution < 1.29 is 0 Å². The molecule has 1 aliphatic heterocycles. The lowest BCUT2D eigenvalue weighted by Crippen LogP contribution is -2.12. The van der Waals surface area contributed by atoms with Crippen molar-refractivity contribution in [2.45, 2.75) is 13.0 Å². The Kier molecular flexibility index (Phi) is 2.47. The highest BCUT2D eigenvalue weighted by Gasteiger charge is 2.22. The van der Waals surface area contributed by atoms with Crippen LogP contribution >= 0.6 is 0 Å². The molecule has 3 aromatic rings. The number of hydrogen-bond acceptors (Lipinski definition) is 4. The molecule has 0 atom stereocenters. The lowest BCUT2D eigenvalue weighted by atomic mass is 10.00. The molecule has 0 bridgehead atoms. The Hall–Kier alpha value is -2.82. The zero-order valence-electron chi connectivity index (χ0n) is 11.5. The molecule has 0 saturated heterocycles. The van der Waals surface area contributed by atoms with Gasteiger partial charge in [-0.3, -0.25) is 0 Å². The third kappa shape index (κ3) is 1.86. The summed E-state index contributed by atoms with van der Waals surface area (Å²) < 4.78 is 2.15. The van der Waals surface area contributed by atoms with Gasteiger partial charge in [0.2, 0.25) is 0 Å². The van der Waals surface area contributed by atoms with Crippen molar-refractivity contribution in [2.75, 3.05) is 11.5 Å². The predicted molar refractivity (Wildman–Crippen MR) is 83.4 cm³/mol. The van der Waals surface area contributed by atoms with E-state index < -0.39 is 0 Å². The first kappa shape index (κ1) is 12.0. The number of aromatic nitrogens is 3. The number of nitrogens with two attached hydrogens (primary N) is 2. The molecule has 5 nitrogen and oxygen atoms in total. The maximum absolute atomic E-state index is 5.90. The van der Waals surface area contributed by atoms with Gasteiger partial charge in [0.1, 0.15) is 0 Å². The number of fused-ring (bicyclic) bond motifs is 3. The highest BCUT2D eigenvalue weighted by atomic mass is 15.3. The molecule has 1 aliphatic rings. The van der Waals surface area contributed by atoms with Crippen LogP contribution in [0.25, 0.3) is 22.8 Å². The quantitative estimate of drug-likeness (QED) is 0.669. The molecule has 1 aromatic heterocycles. The fraction of sp³-hybridized carbons (Fsp3) is 0.125. The van der Waals surface area contributed by atoms with Crippen LogP contribution in [0.1, 0.15) is 5.56 Å². The lowest BCUT2D eigenvalue weighted by molar-refractivity contribution is 0.688. The summed E-state index contributed by atoms with van der Waals surface area (Å²) >= 11 is 0. The van der Waals surface area contributed by atoms with Crippen LogP contribution in [0.15, 0.2) is 42.5 Å². The highest BCUT2D eigenvalue weighted by Crippen LogP contribution is 2.32. The Bertz CT molecular complexity index is 817. The molecule has 104 valence electrons. The number of nitrogen functional groups attached to an aromatic ring is 2. The molecule has 0 aliphatic carbocycles. The average Bonchev–Trinajstić information content (AvgIpc) is 2.92. The van der Waals surface area contributed by atoms with Gasteiger partial charge in [0.05, 0.1) is 0 Å². The zero-order valence-corrected chi connectivity index (χ0v) is 11.5. The summed E-state index contributed by atoms with van der Waals surface area (Å²) in [5.41, 5.74) is 16.5. The molecule has 2 aromatic carbocycles. The molecule has 5 heteroatoms. The van der Waals surface area contributed by atoms with Gasteiger partial charge in [-0.25, -0.2) is 0 Å². The number of anilines is 2. The molecule has 4 N–H and O–H groups in total. The maximum atomic E-state index is 5.90. The van der Waals surface area contributed by atoms with E-state index in [0.29, 0.717) is 0 Å². The summed E-state index contributed by atoms with van der Waals surface area (Å²) in [6, 6.07) is 13.7. The number of rotatable bonds is 1. The summed E-state index contributed by atoms with van der Waals surface area (Å²) in [6.45, 7) is 0.874. The van der Waals surface area contributed by atoms with Crippen LogP contribution in [0.3, 0.4) is 0 Å². The molecule has 4 rings (SSSR count). The van der Waals surface area contributed by atoms with Crippen molar-refractivity contribution in [1.29, 1.82) is 0 Å². The van der Waals surface area contributed by atoms with Crippen molar-refractivity contribution >= 4 is 11.4 Å². The minimum Gasteiger partial charge on any atom is -0.399 e. The van der Waals surface area contributed by atoms with Gasteiger partial charge in [-0.1, -0.05) is 6.07 Å². The van der Waals surface area contributed by atoms with Gasteiger partial charge in [0.25, 0.3) is 0 Å². The van der Waals surface area contributed by atoms with E-state index in [2.05, 4.69) is 20.8 Å². The molecule has 2 heterocycles. The Labute approximate surface area is 122 Å². The number of benzene rings is 2. The summed E-state index contributed by atoms with van der Waals surface area (Å²) in [5, 5.41) is 8.72. The largest absolute Gasteiger partial charge is 0.399 e. The third-order valence-electron chi connectivity index (χ3n) is 3.90. The molecule has 0 amide bonds. The Morgan fingerprint density at radius 2 is 1.57 bits per heavy atom. The normalized spacial score (nSPS) is 12.8. The summed E-state index contributed by atoms with van der Waals surface area (Å²) in [6.07, 6.45) is 0.961. The molecular weight excluding hydrogens is 262 g/mol. The van der Waals surface area contributed by atoms with Crippen molar-refractivity contribution in [3.63, 3.8) is 0 Å².